The number of rotatable bonds is 6. The minimum Gasteiger partial charge on any atom is -0.489 e. The van der Waals surface area contributed by atoms with E-state index < -0.39 is 0 Å². The Morgan fingerprint density at radius 2 is 1.65 bits per heavy atom. The largest absolute Gasteiger partial charge is 0.489 e. The lowest BCUT2D eigenvalue weighted by molar-refractivity contribution is 0.112. The molecule has 114 valence electrons. The second-order valence-corrected chi connectivity index (χ2v) is 5.13. The second-order valence-electron chi connectivity index (χ2n) is 5.13. The summed E-state index contributed by atoms with van der Waals surface area (Å²) in [5.41, 5.74) is 3.41. The minimum absolute atomic E-state index is 0.523. The predicted molar refractivity (Wildman–Crippen MR) is 92.3 cm³/mol. The maximum absolute atomic E-state index is 11.1. The van der Waals surface area contributed by atoms with Crippen LogP contribution in [0.2, 0.25) is 0 Å². The van der Waals surface area contributed by atoms with Crippen molar-refractivity contribution in [3.8, 4) is 5.75 Å². The highest BCUT2D eigenvalue weighted by atomic mass is 16.5. The molecule has 0 heterocycles. The third kappa shape index (κ3) is 3.98. The van der Waals surface area contributed by atoms with Crippen LogP contribution < -0.4 is 10.1 Å². The topological polar surface area (TPSA) is 38.3 Å². The zero-order valence-corrected chi connectivity index (χ0v) is 12.6. The Morgan fingerprint density at radius 3 is 2.48 bits per heavy atom. The van der Waals surface area contributed by atoms with Crippen LogP contribution in [0.4, 0.5) is 11.4 Å². The number of hydrogen-bond acceptors (Lipinski definition) is 3. The molecule has 0 spiro atoms. The van der Waals surface area contributed by atoms with Gasteiger partial charge in [-0.25, -0.2) is 0 Å². The molecular formula is C20H17NO2. The first-order chi connectivity index (χ1) is 11.3. The fourth-order valence-corrected chi connectivity index (χ4v) is 2.27. The van der Waals surface area contributed by atoms with Crippen molar-refractivity contribution in [3.05, 3.63) is 90.0 Å². The fourth-order valence-electron chi connectivity index (χ4n) is 2.27. The Morgan fingerprint density at radius 1 is 0.870 bits per heavy atom. The van der Waals surface area contributed by atoms with Crippen molar-refractivity contribution in [1.82, 2.24) is 0 Å². The molecular weight excluding hydrogens is 286 g/mol. The molecule has 0 saturated heterocycles. The average Bonchev–Trinajstić information content (AvgIpc) is 2.62. The van der Waals surface area contributed by atoms with Crippen molar-refractivity contribution < 1.29 is 9.53 Å². The molecule has 3 rings (SSSR count). The van der Waals surface area contributed by atoms with Crippen molar-refractivity contribution in [3.63, 3.8) is 0 Å². The Kier molecular flexibility index (Phi) is 4.69. The number of nitrogens with one attached hydrogen (secondary N) is 1. The van der Waals surface area contributed by atoms with Gasteiger partial charge in [0.2, 0.25) is 0 Å². The normalized spacial score (nSPS) is 10.1. The van der Waals surface area contributed by atoms with E-state index in [4.69, 9.17) is 4.74 Å². The van der Waals surface area contributed by atoms with E-state index in [9.17, 15) is 4.79 Å². The zero-order chi connectivity index (χ0) is 15.9. The smallest absolute Gasteiger partial charge is 0.152 e. The molecule has 23 heavy (non-hydrogen) atoms. The number of carbonyl (C=O) groups excluding carboxylic acids is 1. The number of carbonyl (C=O) groups is 1. The van der Waals surface area contributed by atoms with E-state index in [0.29, 0.717) is 12.2 Å². The van der Waals surface area contributed by atoms with Gasteiger partial charge in [0.05, 0.1) is 0 Å². The maximum Gasteiger partial charge on any atom is 0.152 e. The fraction of sp³-hybridized carbons (Fsp3) is 0.0500. The lowest BCUT2D eigenvalue weighted by Gasteiger charge is -2.11. The molecule has 0 aromatic heterocycles. The van der Waals surface area contributed by atoms with Crippen molar-refractivity contribution in [2.24, 2.45) is 0 Å². The van der Waals surface area contributed by atoms with Gasteiger partial charge in [0, 0.05) is 23.0 Å². The average molecular weight is 303 g/mol. The van der Waals surface area contributed by atoms with Crippen LogP contribution in [0.15, 0.2) is 78.9 Å². The van der Waals surface area contributed by atoms with Crippen LogP contribution in [0.1, 0.15) is 15.9 Å². The Hall–Kier alpha value is -3.07. The first kappa shape index (κ1) is 14.9. The van der Waals surface area contributed by atoms with Crippen LogP contribution in [-0.2, 0) is 6.61 Å². The lowest BCUT2D eigenvalue weighted by Crippen LogP contribution is -1.97. The van der Waals surface area contributed by atoms with Gasteiger partial charge in [0.25, 0.3) is 0 Å². The van der Waals surface area contributed by atoms with E-state index in [-0.39, 0.29) is 0 Å². The molecule has 0 atom stereocenters. The quantitative estimate of drug-likeness (QED) is 0.663. The van der Waals surface area contributed by atoms with Crippen LogP contribution in [-0.4, -0.2) is 6.29 Å². The molecule has 0 saturated carbocycles. The van der Waals surface area contributed by atoms with E-state index in [0.717, 1.165) is 29.0 Å². The third-order valence-corrected chi connectivity index (χ3v) is 3.45. The highest BCUT2D eigenvalue weighted by Crippen LogP contribution is 2.23. The van der Waals surface area contributed by atoms with Gasteiger partial charge in [-0.2, -0.15) is 0 Å². The first-order valence-corrected chi connectivity index (χ1v) is 7.43. The van der Waals surface area contributed by atoms with Gasteiger partial charge in [0.15, 0.2) is 6.29 Å². The van der Waals surface area contributed by atoms with E-state index in [1.54, 1.807) is 6.07 Å². The maximum atomic E-state index is 11.1. The van der Waals surface area contributed by atoms with E-state index >= 15 is 0 Å². The third-order valence-electron chi connectivity index (χ3n) is 3.45. The van der Waals surface area contributed by atoms with Crippen molar-refractivity contribution in [2.75, 3.05) is 5.32 Å². The van der Waals surface area contributed by atoms with Gasteiger partial charge in [-0.15, -0.1) is 0 Å². The summed E-state index contributed by atoms with van der Waals surface area (Å²) in [5.74, 6) is 0.780. The highest BCUT2D eigenvalue weighted by molar-refractivity contribution is 5.85. The van der Waals surface area contributed by atoms with Crippen LogP contribution in [0.3, 0.4) is 0 Å². The van der Waals surface area contributed by atoms with Crippen molar-refractivity contribution in [2.45, 2.75) is 6.61 Å². The number of para-hydroxylation sites is 1. The molecule has 0 aliphatic rings. The van der Waals surface area contributed by atoms with Crippen LogP contribution >= 0.6 is 0 Å². The molecule has 0 aliphatic carbocycles. The SMILES string of the molecule is O=Cc1ccccc1Nc1cccc(OCc2ccccc2)c1. The number of benzene rings is 3. The highest BCUT2D eigenvalue weighted by Gasteiger charge is 2.02. The molecule has 3 aromatic carbocycles. The summed E-state index contributed by atoms with van der Waals surface area (Å²) in [6, 6.07) is 25.1. The molecule has 0 fully saturated rings. The van der Waals surface area contributed by atoms with Gasteiger partial charge in [-0.3, -0.25) is 4.79 Å². The summed E-state index contributed by atoms with van der Waals surface area (Å²) < 4.78 is 5.82. The molecule has 0 amide bonds. The molecule has 0 unspecified atom stereocenters. The van der Waals surface area contributed by atoms with E-state index in [1.807, 2.05) is 72.8 Å². The van der Waals surface area contributed by atoms with Gasteiger partial charge in [-0.05, 0) is 29.8 Å². The molecule has 3 heteroatoms. The van der Waals surface area contributed by atoms with Crippen LogP contribution in [0.5, 0.6) is 5.75 Å². The van der Waals surface area contributed by atoms with Gasteiger partial charge in [-0.1, -0.05) is 48.5 Å². The van der Waals surface area contributed by atoms with Gasteiger partial charge >= 0.3 is 0 Å². The van der Waals surface area contributed by atoms with Gasteiger partial charge < -0.3 is 10.1 Å². The Labute approximate surface area is 135 Å². The summed E-state index contributed by atoms with van der Waals surface area (Å²) in [5, 5.41) is 3.25. The first-order valence-electron chi connectivity index (χ1n) is 7.43. The van der Waals surface area contributed by atoms with E-state index in [2.05, 4.69) is 5.32 Å². The van der Waals surface area contributed by atoms with Crippen LogP contribution in [0, 0.1) is 0 Å². The summed E-state index contributed by atoms with van der Waals surface area (Å²) in [6.07, 6.45) is 0.845. The number of anilines is 2. The number of aldehydes is 1. The molecule has 3 aromatic rings. The van der Waals surface area contributed by atoms with Crippen LogP contribution in [0.25, 0.3) is 0 Å². The standard InChI is InChI=1S/C20H17NO2/c22-14-17-9-4-5-12-20(17)21-18-10-6-11-19(13-18)23-15-16-7-2-1-3-8-16/h1-14,21H,15H2. The zero-order valence-electron chi connectivity index (χ0n) is 12.6. The second kappa shape index (κ2) is 7.27. The summed E-state index contributed by atoms with van der Waals surface area (Å²) in [7, 11) is 0. The molecule has 3 nitrogen and oxygen atoms in total. The lowest BCUT2D eigenvalue weighted by atomic mass is 10.2. The monoisotopic (exact) mass is 303 g/mol. The summed E-state index contributed by atoms with van der Waals surface area (Å²) >= 11 is 0. The number of ether oxygens (including phenoxy) is 1. The van der Waals surface area contributed by atoms with Gasteiger partial charge in [0.1, 0.15) is 12.4 Å². The Bertz CT molecular complexity index is 784. The summed E-state index contributed by atoms with van der Waals surface area (Å²) in [4.78, 5) is 11.1. The molecule has 0 radical (unpaired) electrons. The minimum atomic E-state index is 0.523. The van der Waals surface area contributed by atoms with Crippen molar-refractivity contribution >= 4 is 17.7 Å². The molecule has 1 N–H and O–H groups in total. The molecule has 0 bridgehead atoms. The molecule has 0 aliphatic heterocycles. The predicted octanol–water partition coefficient (Wildman–Crippen LogP) is 4.82. The number of hydrogen-bond donors (Lipinski definition) is 1. The Balaban J connectivity index is 1.71. The van der Waals surface area contributed by atoms with Crippen molar-refractivity contribution in [1.29, 1.82) is 0 Å². The van der Waals surface area contributed by atoms with E-state index in [1.165, 1.54) is 0 Å². The summed E-state index contributed by atoms with van der Waals surface area (Å²) in [6.45, 7) is 0.523.